The number of likely N-dealkylation sites (N-methyl/N-ethyl adjacent to an activating group) is 1. The van der Waals surface area contributed by atoms with Crippen LogP contribution >= 0.6 is 0 Å². The van der Waals surface area contributed by atoms with Crippen molar-refractivity contribution in [2.24, 2.45) is 0 Å². The molecule has 2 aromatic heterocycles. The van der Waals surface area contributed by atoms with Crippen molar-refractivity contribution in [1.29, 1.82) is 0 Å². The molecule has 9 nitrogen and oxygen atoms in total. The van der Waals surface area contributed by atoms with Crippen LogP contribution in [0.3, 0.4) is 0 Å². The first-order chi connectivity index (χ1) is 17.2. The van der Waals surface area contributed by atoms with Crippen LogP contribution in [0.1, 0.15) is 30.7 Å². The van der Waals surface area contributed by atoms with Crippen molar-refractivity contribution in [3.8, 4) is 5.75 Å². The van der Waals surface area contributed by atoms with E-state index in [1.165, 1.54) is 12.1 Å². The van der Waals surface area contributed by atoms with Gasteiger partial charge in [-0.05, 0) is 38.5 Å². The molecule has 0 unspecified atom stereocenters. The standard InChI is InChI=1S/C25H30F2N6O3/c1-6-36-24-18(26)7-16(8-19(24)27)12-33-13-17(11-29-33)10-28-21-9-20-22(14(2)30-21)31-25(34)23(32(20)4)15(3)35-5/h7-9,11,13,15,23H,6,10,12H2,1-5H3,(H,28,30)(H,31,34)/t15-,23+/m1/s1. The minimum Gasteiger partial charge on any atom is -0.488 e. The second-order valence-electron chi connectivity index (χ2n) is 8.69. The molecular formula is C25H30F2N6O3. The number of nitrogens with one attached hydrogen (secondary N) is 2. The number of ether oxygens (including phenoxy) is 2. The summed E-state index contributed by atoms with van der Waals surface area (Å²) in [6, 6.07) is 3.92. The lowest BCUT2D eigenvalue weighted by Crippen LogP contribution is -2.52. The summed E-state index contributed by atoms with van der Waals surface area (Å²) >= 11 is 0. The fourth-order valence-electron chi connectivity index (χ4n) is 4.31. The largest absolute Gasteiger partial charge is 0.488 e. The van der Waals surface area contributed by atoms with E-state index in [0.29, 0.717) is 29.3 Å². The SMILES string of the molecule is CCOc1c(F)cc(Cn2cc(CNc3cc4c(c(C)n3)NC(=O)[C@H]([C@@H](C)OC)N4C)cn2)cc1F. The predicted molar refractivity (Wildman–Crippen MR) is 132 cm³/mol. The van der Waals surface area contributed by atoms with Crippen molar-refractivity contribution < 1.29 is 23.0 Å². The highest BCUT2D eigenvalue weighted by Crippen LogP contribution is 2.36. The zero-order valence-corrected chi connectivity index (χ0v) is 20.9. The molecule has 2 N–H and O–H groups in total. The maximum Gasteiger partial charge on any atom is 0.249 e. The number of hydrogen-bond acceptors (Lipinski definition) is 7. The van der Waals surface area contributed by atoms with Crippen LogP contribution in [-0.2, 0) is 22.6 Å². The highest BCUT2D eigenvalue weighted by atomic mass is 19.1. The number of hydrogen-bond donors (Lipinski definition) is 2. The first-order valence-electron chi connectivity index (χ1n) is 11.7. The van der Waals surface area contributed by atoms with Gasteiger partial charge in [0.2, 0.25) is 5.91 Å². The van der Waals surface area contributed by atoms with Crippen molar-refractivity contribution in [3.63, 3.8) is 0 Å². The van der Waals surface area contributed by atoms with Gasteiger partial charge in [-0.3, -0.25) is 9.48 Å². The van der Waals surface area contributed by atoms with Crippen LogP contribution < -0.4 is 20.3 Å². The molecule has 0 saturated carbocycles. The van der Waals surface area contributed by atoms with Crippen LogP contribution in [0.4, 0.5) is 26.0 Å². The molecule has 192 valence electrons. The van der Waals surface area contributed by atoms with Crippen molar-refractivity contribution in [2.45, 2.75) is 46.0 Å². The van der Waals surface area contributed by atoms with Crippen molar-refractivity contribution >= 4 is 23.1 Å². The van der Waals surface area contributed by atoms with Crippen LogP contribution in [0.25, 0.3) is 0 Å². The number of methoxy groups -OCH3 is 1. The minimum atomic E-state index is -0.738. The summed E-state index contributed by atoms with van der Waals surface area (Å²) in [5.74, 6) is -1.34. The molecule has 11 heteroatoms. The average Bonchev–Trinajstić information content (AvgIpc) is 3.28. The number of nitrogens with zero attached hydrogens (tertiary/aromatic N) is 4. The highest BCUT2D eigenvalue weighted by Gasteiger charge is 2.36. The van der Waals surface area contributed by atoms with E-state index in [0.717, 1.165) is 11.3 Å². The zero-order valence-electron chi connectivity index (χ0n) is 20.9. The topological polar surface area (TPSA) is 93.5 Å². The van der Waals surface area contributed by atoms with Gasteiger partial charge in [-0.15, -0.1) is 0 Å². The molecular weight excluding hydrogens is 470 g/mol. The molecule has 1 amide bonds. The first kappa shape index (κ1) is 25.4. The molecule has 0 saturated heterocycles. The number of aryl methyl sites for hydroxylation is 1. The number of anilines is 3. The van der Waals surface area contributed by atoms with Gasteiger partial charge in [0.1, 0.15) is 11.9 Å². The summed E-state index contributed by atoms with van der Waals surface area (Å²) < 4.78 is 40.3. The molecule has 1 aliphatic heterocycles. The molecule has 3 heterocycles. The predicted octanol–water partition coefficient (Wildman–Crippen LogP) is 3.72. The van der Waals surface area contributed by atoms with Crippen LogP contribution in [0.15, 0.2) is 30.6 Å². The van der Waals surface area contributed by atoms with Gasteiger partial charge in [0, 0.05) is 38.5 Å². The summed E-state index contributed by atoms with van der Waals surface area (Å²) in [6.07, 6.45) is 3.19. The van der Waals surface area contributed by atoms with Gasteiger partial charge in [-0.25, -0.2) is 13.8 Å². The maximum atomic E-state index is 14.2. The van der Waals surface area contributed by atoms with Gasteiger partial charge < -0.3 is 25.0 Å². The summed E-state index contributed by atoms with van der Waals surface area (Å²) in [4.78, 5) is 19.1. The number of amides is 1. The zero-order chi connectivity index (χ0) is 26.0. The second kappa shape index (κ2) is 10.5. The Morgan fingerprint density at radius 2 is 1.94 bits per heavy atom. The molecule has 0 bridgehead atoms. The normalized spacial score (nSPS) is 15.9. The van der Waals surface area contributed by atoms with E-state index >= 15 is 0 Å². The Bertz CT molecular complexity index is 1240. The number of carbonyl (C=O) groups is 1. The van der Waals surface area contributed by atoms with Gasteiger partial charge >= 0.3 is 0 Å². The Kier molecular flexibility index (Phi) is 7.39. The van der Waals surface area contributed by atoms with Crippen molar-refractivity contribution in [1.82, 2.24) is 14.8 Å². The van der Waals surface area contributed by atoms with E-state index in [9.17, 15) is 13.6 Å². The Hall–Kier alpha value is -3.73. The lowest BCUT2D eigenvalue weighted by atomic mass is 10.0. The van der Waals surface area contributed by atoms with E-state index in [4.69, 9.17) is 9.47 Å². The number of fused-ring (bicyclic) bond motifs is 1. The van der Waals surface area contributed by atoms with Gasteiger partial charge in [0.25, 0.3) is 0 Å². The molecule has 0 spiro atoms. The number of rotatable bonds is 9. The van der Waals surface area contributed by atoms with E-state index in [-0.39, 0.29) is 30.9 Å². The molecule has 1 aliphatic rings. The molecule has 2 atom stereocenters. The summed E-state index contributed by atoms with van der Waals surface area (Å²) in [5.41, 5.74) is 3.51. The summed E-state index contributed by atoms with van der Waals surface area (Å²) in [6.45, 7) is 6.18. The molecule has 0 radical (unpaired) electrons. The number of aromatic nitrogens is 3. The third kappa shape index (κ3) is 5.11. The molecule has 4 rings (SSSR count). The average molecular weight is 501 g/mol. The Morgan fingerprint density at radius 3 is 2.61 bits per heavy atom. The number of pyridine rings is 1. The Morgan fingerprint density at radius 1 is 1.22 bits per heavy atom. The molecule has 3 aromatic rings. The van der Waals surface area contributed by atoms with Gasteiger partial charge in [0.05, 0.1) is 42.5 Å². The second-order valence-corrected chi connectivity index (χ2v) is 8.69. The van der Waals surface area contributed by atoms with Crippen LogP contribution in [0.2, 0.25) is 0 Å². The van der Waals surface area contributed by atoms with Gasteiger partial charge in [-0.1, -0.05) is 0 Å². The third-order valence-electron chi connectivity index (χ3n) is 6.16. The lowest BCUT2D eigenvalue weighted by molar-refractivity contribution is -0.120. The highest BCUT2D eigenvalue weighted by molar-refractivity contribution is 6.04. The summed E-state index contributed by atoms with van der Waals surface area (Å²) in [7, 11) is 3.44. The molecule has 0 fully saturated rings. The van der Waals surface area contributed by atoms with Crippen molar-refractivity contribution in [2.75, 3.05) is 36.3 Å². The van der Waals surface area contributed by atoms with E-state index in [1.54, 1.807) is 31.1 Å². The Labute approximate surface area is 208 Å². The van der Waals surface area contributed by atoms with Gasteiger partial charge in [-0.2, -0.15) is 5.10 Å². The fourth-order valence-corrected chi connectivity index (χ4v) is 4.31. The Balaban J connectivity index is 1.45. The van der Waals surface area contributed by atoms with Crippen LogP contribution in [0.5, 0.6) is 5.75 Å². The summed E-state index contributed by atoms with van der Waals surface area (Å²) in [5, 5.41) is 10.5. The van der Waals surface area contributed by atoms with E-state index in [2.05, 4.69) is 20.7 Å². The quantitative estimate of drug-likeness (QED) is 0.463. The maximum absolute atomic E-state index is 14.2. The smallest absolute Gasteiger partial charge is 0.249 e. The van der Waals surface area contributed by atoms with Crippen LogP contribution in [-0.4, -0.2) is 53.6 Å². The number of carbonyl (C=O) groups excluding carboxylic acids is 1. The molecule has 36 heavy (non-hydrogen) atoms. The van der Waals surface area contributed by atoms with Gasteiger partial charge in [0.15, 0.2) is 17.4 Å². The first-order valence-corrected chi connectivity index (χ1v) is 11.7. The lowest BCUT2D eigenvalue weighted by Gasteiger charge is -2.38. The van der Waals surface area contributed by atoms with E-state index < -0.39 is 17.7 Å². The van der Waals surface area contributed by atoms with E-state index in [1.807, 2.05) is 31.9 Å². The third-order valence-corrected chi connectivity index (χ3v) is 6.16. The fraction of sp³-hybridized carbons (Fsp3) is 0.400. The molecule has 1 aromatic carbocycles. The van der Waals surface area contributed by atoms with Crippen LogP contribution in [0, 0.1) is 18.6 Å². The minimum absolute atomic E-state index is 0.135. The number of benzene rings is 1. The van der Waals surface area contributed by atoms with Crippen molar-refractivity contribution in [3.05, 3.63) is 59.0 Å². The number of halogens is 2. The molecule has 0 aliphatic carbocycles. The monoisotopic (exact) mass is 500 g/mol.